The van der Waals surface area contributed by atoms with E-state index in [1.165, 1.54) is 0 Å². The summed E-state index contributed by atoms with van der Waals surface area (Å²) >= 11 is 12.2. The summed E-state index contributed by atoms with van der Waals surface area (Å²) in [5, 5.41) is 10.6. The van der Waals surface area contributed by atoms with Crippen LogP contribution >= 0.6 is 23.2 Å². The van der Waals surface area contributed by atoms with Crippen molar-refractivity contribution >= 4 is 23.2 Å². The maximum Gasteiger partial charge on any atom is 0.197 e. The Kier molecular flexibility index (Phi) is 5.74. The minimum atomic E-state index is -0.821. The monoisotopic (exact) mass is 326 g/mol. The third-order valence-electron chi connectivity index (χ3n) is 2.87. The van der Waals surface area contributed by atoms with Gasteiger partial charge in [0.15, 0.2) is 6.29 Å². The lowest BCUT2D eigenvalue weighted by Crippen LogP contribution is -2.13. The van der Waals surface area contributed by atoms with E-state index < -0.39 is 6.29 Å². The molecule has 1 atom stereocenters. The van der Waals surface area contributed by atoms with Crippen LogP contribution in [-0.4, -0.2) is 11.4 Å². The molecule has 3 nitrogen and oxygen atoms in total. The van der Waals surface area contributed by atoms with Crippen molar-refractivity contribution in [1.82, 2.24) is 0 Å². The molecule has 21 heavy (non-hydrogen) atoms. The largest absolute Gasteiger partial charge is 0.489 e. The van der Waals surface area contributed by atoms with Crippen LogP contribution in [0, 0.1) is 0 Å². The van der Waals surface area contributed by atoms with Crippen LogP contribution in [0.5, 0.6) is 11.5 Å². The highest BCUT2D eigenvalue weighted by Gasteiger charge is 2.07. The van der Waals surface area contributed by atoms with Gasteiger partial charge in [0.05, 0.1) is 0 Å². The maximum atomic E-state index is 9.49. The molecule has 0 aliphatic rings. The van der Waals surface area contributed by atoms with Gasteiger partial charge in [0.2, 0.25) is 0 Å². The molecule has 0 saturated carbocycles. The molecule has 0 aromatic heterocycles. The van der Waals surface area contributed by atoms with Crippen LogP contribution in [0.3, 0.4) is 0 Å². The molecule has 2 aromatic rings. The average molecular weight is 327 g/mol. The Morgan fingerprint density at radius 1 is 1.05 bits per heavy atom. The van der Waals surface area contributed by atoms with Crippen molar-refractivity contribution in [1.29, 1.82) is 0 Å². The molecular weight excluding hydrogens is 311 g/mol. The number of hydrogen-bond acceptors (Lipinski definition) is 3. The first kappa shape index (κ1) is 16.0. The number of hydrogen-bond donors (Lipinski definition) is 1. The van der Waals surface area contributed by atoms with Gasteiger partial charge in [-0.2, -0.15) is 0 Å². The second kappa shape index (κ2) is 7.55. The summed E-state index contributed by atoms with van der Waals surface area (Å²) in [6, 6.07) is 12.4. The predicted octanol–water partition coefficient (Wildman–Crippen LogP) is 4.68. The van der Waals surface area contributed by atoms with Crippen LogP contribution < -0.4 is 9.47 Å². The number of benzene rings is 2. The zero-order valence-corrected chi connectivity index (χ0v) is 13.1. The van der Waals surface area contributed by atoms with Gasteiger partial charge in [0.1, 0.15) is 18.1 Å². The Labute approximate surface area is 134 Å². The summed E-state index contributed by atoms with van der Waals surface area (Å²) in [5.74, 6) is 1.17. The van der Waals surface area contributed by atoms with Crippen molar-refractivity contribution in [3.8, 4) is 11.5 Å². The standard InChI is InChI=1S/C16H16Cl2O3/c1-2-16(19)21-12-6-3-5-11(9-12)20-10-13-14(17)7-4-8-15(13)18/h3-9,16,19H,2,10H2,1H3. The quantitative estimate of drug-likeness (QED) is 0.783. The molecule has 1 N–H and O–H groups in total. The maximum absolute atomic E-state index is 9.49. The number of ether oxygens (including phenoxy) is 2. The Balaban J connectivity index is 2.05. The predicted molar refractivity (Wildman–Crippen MR) is 84.2 cm³/mol. The first-order valence-electron chi connectivity index (χ1n) is 6.60. The summed E-state index contributed by atoms with van der Waals surface area (Å²) in [6.45, 7) is 2.10. The fraction of sp³-hybridized carbons (Fsp3) is 0.250. The first-order chi connectivity index (χ1) is 10.1. The number of aliphatic hydroxyl groups excluding tert-OH is 1. The highest BCUT2D eigenvalue weighted by Crippen LogP contribution is 2.27. The van der Waals surface area contributed by atoms with Crippen molar-refractivity contribution in [3.05, 3.63) is 58.1 Å². The van der Waals surface area contributed by atoms with Crippen molar-refractivity contribution in [2.45, 2.75) is 26.2 Å². The molecule has 0 bridgehead atoms. The van der Waals surface area contributed by atoms with Gasteiger partial charge in [-0.3, -0.25) is 0 Å². The summed E-state index contributed by atoms with van der Waals surface area (Å²) < 4.78 is 11.0. The minimum Gasteiger partial charge on any atom is -0.489 e. The molecule has 112 valence electrons. The molecule has 0 saturated heterocycles. The fourth-order valence-corrected chi connectivity index (χ4v) is 2.21. The first-order valence-corrected chi connectivity index (χ1v) is 7.36. The van der Waals surface area contributed by atoms with Crippen molar-refractivity contribution < 1.29 is 14.6 Å². The van der Waals surface area contributed by atoms with Crippen LogP contribution in [0.1, 0.15) is 18.9 Å². The molecule has 0 radical (unpaired) electrons. The molecule has 0 aliphatic heterocycles. The summed E-state index contributed by atoms with van der Waals surface area (Å²) in [4.78, 5) is 0. The third kappa shape index (κ3) is 4.53. The molecule has 0 spiro atoms. The molecule has 0 aliphatic carbocycles. The molecule has 0 fully saturated rings. The fourth-order valence-electron chi connectivity index (χ4n) is 1.70. The van der Waals surface area contributed by atoms with Crippen LogP contribution in [-0.2, 0) is 6.61 Å². The zero-order chi connectivity index (χ0) is 15.2. The topological polar surface area (TPSA) is 38.7 Å². The normalized spacial score (nSPS) is 12.0. The Morgan fingerprint density at radius 2 is 1.67 bits per heavy atom. The second-order valence-electron chi connectivity index (χ2n) is 4.44. The molecule has 2 rings (SSSR count). The van der Waals surface area contributed by atoms with E-state index in [-0.39, 0.29) is 6.61 Å². The van der Waals surface area contributed by atoms with Crippen molar-refractivity contribution in [3.63, 3.8) is 0 Å². The molecular formula is C16H16Cl2O3. The van der Waals surface area contributed by atoms with Crippen LogP contribution in [0.15, 0.2) is 42.5 Å². The van der Waals surface area contributed by atoms with Crippen LogP contribution in [0.25, 0.3) is 0 Å². The number of halogens is 2. The van der Waals surface area contributed by atoms with Gasteiger partial charge in [-0.15, -0.1) is 0 Å². The van der Waals surface area contributed by atoms with Crippen LogP contribution in [0.2, 0.25) is 10.0 Å². The lowest BCUT2D eigenvalue weighted by molar-refractivity contribution is -0.0192. The van der Waals surface area contributed by atoms with Gasteiger partial charge in [-0.25, -0.2) is 0 Å². The van der Waals surface area contributed by atoms with E-state index in [1.807, 2.05) is 6.92 Å². The lowest BCUT2D eigenvalue weighted by atomic mass is 10.2. The van der Waals surface area contributed by atoms with Gasteiger partial charge in [-0.05, 0) is 24.3 Å². The highest BCUT2D eigenvalue weighted by molar-refractivity contribution is 6.35. The molecule has 1 unspecified atom stereocenters. The molecule has 5 heteroatoms. The minimum absolute atomic E-state index is 0.262. The van der Waals surface area contributed by atoms with Gasteiger partial charge in [0.25, 0.3) is 0 Å². The van der Waals surface area contributed by atoms with Crippen molar-refractivity contribution in [2.75, 3.05) is 0 Å². The smallest absolute Gasteiger partial charge is 0.197 e. The van der Waals surface area contributed by atoms with Gasteiger partial charge >= 0.3 is 0 Å². The molecule has 2 aromatic carbocycles. The van der Waals surface area contributed by atoms with E-state index in [0.717, 1.165) is 5.56 Å². The summed E-state index contributed by atoms with van der Waals surface area (Å²) in [6.07, 6.45) is -0.307. The summed E-state index contributed by atoms with van der Waals surface area (Å²) in [5.41, 5.74) is 0.737. The second-order valence-corrected chi connectivity index (χ2v) is 5.26. The Hall–Kier alpha value is -1.42. The van der Waals surface area contributed by atoms with E-state index in [9.17, 15) is 5.11 Å². The molecule has 0 amide bonds. The lowest BCUT2D eigenvalue weighted by Gasteiger charge is -2.13. The van der Waals surface area contributed by atoms with E-state index in [1.54, 1.807) is 42.5 Å². The summed E-state index contributed by atoms with van der Waals surface area (Å²) in [7, 11) is 0. The number of rotatable bonds is 6. The van der Waals surface area contributed by atoms with Crippen LogP contribution in [0.4, 0.5) is 0 Å². The van der Waals surface area contributed by atoms with E-state index in [4.69, 9.17) is 32.7 Å². The van der Waals surface area contributed by atoms with Crippen molar-refractivity contribution in [2.24, 2.45) is 0 Å². The van der Waals surface area contributed by atoms with E-state index >= 15 is 0 Å². The molecule has 0 heterocycles. The highest BCUT2D eigenvalue weighted by atomic mass is 35.5. The third-order valence-corrected chi connectivity index (χ3v) is 3.58. The van der Waals surface area contributed by atoms with Gasteiger partial charge < -0.3 is 14.6 Å². The Morgan fingerprint density at radius 3 is 2.33 bits per heavy atom. The SMILES string of the molecule is CCC(O)Oc1cccc(OCc2c(Cl)cccc2Cl)c1. The Bertz CT molecular complexity index is 582. The van der Waals surface area contributed by atoms with E-state index in [0.29, 0.717) is 28.0 Å². The average Bonchev–Trinajstić information content (AvgIpc) is 2.47. The number of aliphatic hydroxyl groups is 1. The zero-order valence-electron chi connectivity index (χ0n) is 11.6. The van der Waals surface area contributed by atoms with Gasteiger partial charge in [-0.1, -0.05) is 42.3 Å². The van der Waals surface area contributed by atoms with E-state index in [2.05, 4.69) is 0 Å². The van der Waals surface area contributed by atoms with Gasteiger partial charge in [0, 0.05) is 28.1 Å².